The summed E-state index contributed by atoms with van der Waals surface area (Å²) < 4.78 is 0. The van der Waals surface area contributed by atoms with Crippen molar-refractivity contribution >= 4 is 9.24 Å². The Hall–Kier alpha value is 0.430. The van der Waals surface area contributed by atoms with E-state index in [0.717, 1.165) is 29.3 Å². The van der Waals surface area contributed by atoms with Gasteiger partial charge in [0.1, 0.15) is 0 Å². The minimum absolute atomic E-state index is 0.795. The summed E-state index contributed by atoms with van der Waals surface area (Å²) in [7, 11) is 2.93. The predicted octanol–water partition coefficient (Wildman–Crippen LogP) is 3.18. The molecule has 0 bridgehead atoms. The lowest BCUT2D eigenvalue weighted by molar-refractivity contribution is 0.421. The van der Waals surface area contributed by atoms with E-state index in [-0.39, 0.29) is 0 Å². The third-order valence-electron chi connectivity index (χ3n) is 3.25. The Balaban J connectivity index is 2.31. The smallest absolute Gasteiger partial charge is 0.0264 e. The van der Waals surface area contributed by atoms with Crippen molar-refractivity contribution in [3.05, 3.63) is 0 Å². The Morgan fingerprint density at radius 2 is 1.64 bits per heavy atom. The topological polar surface area (TPSA) is 0 Å². The molecule has 0 aliphatic heterocycles. The van der Waals surface area contributed by atoms with Gasteiger partial charge in [0.05, 0.1) is 0 Å². The van der Waals surface area contributed by atoms with Crippen LogP contribution >= 0.6 is 9.24 Å². The SMILES string of the molecule is CC(C)C1CC1C(C)C(C)P. The van der Waals surface area contributed by atoms with Gasteiger partial charge in [-0.25, -0.2) is 0 Å². The lowest BCUT2D eigenvalue weighted by Crippen LogP contribution is -2.11. The molecule has 0 aromatic rings. The summed E-state index contributed by atoms with van der Waals surface area (Å²) in [6.45, 7) is 9.41. The Bertz CT molecular complexity index is 129. The van der Waals surface area contributed by atoms with Crippen molar-refractivity contribution < 1.29 is 0 Å². The number of rotatable bonds is 3. The molecule has 1 aliphatic rings. The second kappa shape index (κ2) is 3.44. The predicted molar refractivity (Wildman–Crippen MR) is 54.8 cm³/mol. The summed E-state index contributed by atoms with van der Waals surface area (Å²) in [5, 5.41) is 0. The third kappa shape index (κ3) is 2.18. The summed E-state index contributed by atoms with van der Waals surface area (Å²) in [6.07, 6.45) is 1.48. The Morgan fingerprint density at radius 3 is 1.91 bits per heavy atom. The molecular formula is C10H21P. The van der Waals surface area contributed by atoms with Crippen molar-refractivity contribution in [1.29, 1.82) is 0 Å². The van der Waals surface area contributed by atoms with Crippen molar-refractivity contribution in [2.45, 2.75) is 39.8 Å². The quantitative estimate of drug-likeness (QED) is 0.573. The highest BCUT2D eigenvalue weighted by atomic mass is 31.0. The molecule has 1 saturated carbocycles. The lowest BCUT2D eigenvalue weighted by atomic mass is 9.97. The number of hydrogen-bond acceptors (Lipinski definition) is 0. The highest BCUT2D eigenvalue weighted by Gasteiger charge is 2.43. The van der Waals surface area contributed by atoms with Gasteiger partial charge in [-0.05, 0) is 35.8 Å². The van der Waals surface area contributed by atoms with Crippen LogP contribution in [0, 0.1) is 23.7 Å². The molecule has 1 heteroatoms. The van der Waals surface area contributed by atoms with Crippen LogP contribution in [0.1, 0.15) is 34.1 Å². The van der Waals surface area contributed by atoms with Crippen LogP contribution in [0.25, 0.3) is 0 Å². The first-order valence-electron chi connectivity index (χ1n) is 4.79. The van der Waals surface area contributed by atoms with Gasteiger partial charge in [0, 0.05) is 0 Å². The zero-order chi connectivity index (χ0) is 8.59. The molecular weight excluding hydrogens is 151 g/mol. The van der Waals surface area contributed by atoms with Gasteiger partial charge in [-0.15, -0.1) is 9.24 Å². The van der Waals surface area contributed by atoms with Crippen molar-refractivity contribution in [2.24, 2.45) is 23.7 Å². The van der Waals surface area contributed by atoms with Crippen molar-refractivity contribution in [3.63, 3.8) is 0 Å². The summed E-state index contributed by atoms with van der Waals surface area (Å²) in [5.74, 6) is 3.88. The molecule has 11 heavy (non-hydrogen) atoms. The van der Waals surface area contributed by atoms with Crippen LogP contribution in [0.5, 0.6) is 0 Å². The van der Waals surface area contributed by atoms with Gasteiger partial charge in [0.15, 0.2) is 0 Å². The van der Waals surface area contributed by atoms with Crippen LogP contribution in [-0.4, -0.2) is 5.66 Å². The molecule has 0 aromatic heterocycles. The van der Waals surface area contributed by atoms with E-state index in [1.54, 1.807) is 0 Å². The van der Waals surface area contributed by atoms with Crippen LogP contribution in [0.4, 0.5) is 0 Å². The second-order valence-electron chi connectivity index (χ2n) is 4.53. The first-order chi connectivity index (χ1) is 5.04. The molecule has 0 saturated heterocycles. The van der Waals surface area contributed by atoms with Crippen LogP contribution in [0.15, 0.2) is 0 Å². The van der Waals surface area contributed by atoms with Gasteiger partial charge >= 0.3 is 0 Å². The largest absolute Gasteiger partial charge is 0.134 e. The second-order valence-corrected chi connectivity index (χ2v) is 5.58. The van der Waals surface area contributed by atoms with Gasteiger partial charge in [-0.1, -0.05) is 27.7 Å². The monoisotopic (exact) mass is 172 g/mol. The van der Waals surface area contributed by atoms with Crippen LogP contribution in [0.2, 0.25) is 0 Å². The fourth-order valence-corrected chi connectivity index (χ4v) is 2.28. The standard InChI is InChI=1S/C10H21P/c1-6(2)9-5-10(9)7(3)8(4)11/h6-10H,5,11H2,1-4H3. The summed E-state index contributed by atoms with van der Waals surface area (Å²) >= 11 is 0. The summed E-state index contributed by atoms with van der Waals surface area (Å²) in [6, 6.07) is 0. The maximum atomic E-state index is 2.93. The molecule has 5 atom stereocenters. The van der Waals surface area contributed by atoms with E-state index < -0.39 is 0 Å². The molecule has 1 aliphatic carbocycles. The fraction of sp³-hybridized carbons (Fsp3) is 1.00. The van der Waals surface area contributed by atoms with Gasteiger partial charge in [0.25, 0.3) is 0 Å². The number of hydrogen-bond donors (Lipinski definition) is 0. The highest BCUT2D eigenvalue weighted by Crippen LogP contribution is 2.50. The van der Waals surface area contributed by atoms with Gasteiger partial charge < -0.3 is 0 Å². The highest BCUT2D eigenvalue weighted by molar-refractivity contribution is 7.17. The van der Waals surface area contributed by atoms with Crippen molar-refractivity contribution in [1.82, 2.24) is 0 Å². The van der Waals surface area contributed by atoms with E-state index in [1.807, 2.05) is 0 Å². The molecule has 1 rings (SSSR count). The van der Waals surface area contributed by atoms with Crippen LogP contribution < -0.4 is 0 Å². The van der Waals surface area contributed by atoms with Gasteiger partial charge in [-0.2, -0.15) is 0 Å². The zero-order valence-corrected chi connectivity index (χ0v) is 9.33. The van der Waals surface area contributed by atoms with Gasteiger partial charge in [-0.3, -0.25) is 0 Å². The lowest BCUT2D eigenvalue weighted by Gasteiger charge is -2.15. The molecule has 1 fully saturated rings. The Morgan fingerprint density at radius 1 is 1.09 bits per heavy atom. The molecule has 0 heterocycles. The molecule has 0 nitrogen and oxygen atoms in total. The third-order valence-corrected chi connectivity index (χ3v) is 3.86. The molecule has 0 amide bonds. The molecule has 0 spiro atoms. The fourth-order valence-electron chi connectivity index (χ4n) is 2.00. The van der Waals surface area contributed by atoms with E-state index in [1.165, 1.54) is 6.42 Å². The molecule has 66 valence electrons. The van der Waals surface area contributed by atoms with E-state index in [4.69, 9.17) is 0 Å². The van der Waals surface area contributed by atoms with E-state index in [2.05, 4.69) is 36.9 Å². The molecule has 0 aromatic carbocycles. The first kappa shape index (κ1) is 9.52. The molecule has 5 unspecified atom stereocenters. The summed E-state index contributed by atoms with van der Waals surface area (Å²) in [5.41, 5.74) is 0.795. The minimum atomic E-state index is 0.795. The molecule has 0 radical (unpaired) electrons. The maximum Gasteiger partial charge on any atom is -0.0264 e. The van der Waals surface area contributed by atoms with E-state index >= 15 is 0 Å². The first-order valence-corrected chi connectivity index (χ1v) is 5.46. The van der Waals surface area contributed by atoms with Crippen molar-refractivity contribution in [3.8, 4) is 0 Å². The maximum absolute atomic E-state index is 2.93. The average Bonchev–Trinajstić information content (AvgIpc) is 2.63. The van der Waals surface area contributed by atoms with E-state index in [9.17, 15) is 0 Å². The Labute approximate surface area is 73.3 Å². The van der Waals surface area contributed by atoms with Crippen molar-refractivity contribution in [2.75, 3.05) is 0 Å². The van der Waals surface area contributed by atoms with E-state index in [0.29, 0.717) is 0 Å². The van der Waals surface area contributed by atoms with Crippen LogP contribution in [0.3, 0.4) is 0 Å². The summed E-state index contributed by atoms with van der Waals surface area (Å²) in [4.78, 5) is 0. The van der Waals surface area contributed by atoms with Crippen LogP contribution in [-0.2, 0) is 0 Å². The average molecular weight is 172 g/mol. The normalized spacial score (nSPS) is 35.5. The zero-order valence-electron chi connectivity index (χ0n) is 8.17. The van der Waals surface area contributed by atoms with Gasteiger partial charge in [0.2, 0.25) is 0 Å². The Kier molecular flexibility index (Phi) is 2.97. The minimum Gasteiger partial charge on any atom is -0.134 e. The molecule has 0 N–H and O–H groups in total.